The first-order valence-corrected chi connectivity index (χ1v) is 7.42. The Hall–Kier alpha value is -1.30. The maximum atomic E-state index is 11.2. The third-order valence-electron chi connectivity index (χ3n) is 3.69. The number of benzene rings is 1. The minimum Gasteiger partial charge on any atom is -0.492 e. The Morgan fingerprint density at radius 3 is 3.00 bits per heavy atom. The molecule has 1 aliphatic rings. The number of nitrogens with zero attached hydrogens (tertiary/aromatic N) is 1. The molecule has 0 bridgehead atoms. The van der Waals surface area contributed by atoms with E-state index in [-0.39, 0.29) is 12.6 Å². The Morgan fingerprint density at radius 1 is 1.52 bits per heavy atom. The molecule has 0 radical (unpaired) electrons. The smallest absolute Gasteiger partial charge is 0.310 e. The summed E-state index contributed by atoms with van der Waals surface area (Å²) in [6.45, 7) is 4.65. The first kappa shape index (κ1) is 16.1. The van der Waals surface area contributed by atoms with Crippen LogP contribution in [-0.2, 0) is 9.53 Å². The first-order chi connectivity index (χ1) is 10.1. The van der Waals surface area contributed by atoms with E-state index in [0.717, 1.165) is 12.3 Å². The van der Waals surface area contributed by atoms with E-state index in [9.17, 15) is 9.90 Å². The molecule has 6 heteroatoms. The van der Waals surface area contributed by atoms with Gasteiger partial charge in [0.2, 0.25) is 0 Å². The molecule has 0 aromatic heterocycles. The fraction of sp³-hybridized carbons (Fsp3) is 0.533. The van der Waals surface area contributed by atoms with Crippen LogP contribution in [0.4, 0.5) is 0 Å². The molecule has 21 heavy (non-hydrogen) atoms. The van der Waals surface area contributed by atoms with Crippen LogP contribution in [0, 0.1) is 5.92 Å². The van der Waals surface area contributed by atoms with Gasteiger partial charge in [-0.3, -0.25) is 9.69 Å². The molecule has 0 aliphatic carbocycles. The van der Waals surface area contributed by atoms with E-state index in [4.69, 9.17) is 21.1 Å². The average molecular weight is 314 g/mol. The molecule has 1 saturated heterocycles. The highest BCUT2D eigenvalue weighted by Crippen LogP contribution is 2.20. The number of hydrogen-bond acceptors (Lipinski definition) is 4. The summed E-state index contributed by atoms with van der Waals surface area (Å²) in [7, 11) is 0. The number of hydrogen-bond donors (Lipinski definition) is 1. The Kier molecular flexibility index (Phi) is 5.85. The van der Waals surface area contributed by atoms with E-state index in [1.54, 1.807) is 12.1 Å². The lowest BCUT2D eigenvalue weighted by atomic mass is 10.0. The molecular weight excluding hydrogens is 294 g/mol. The molecule has 1 heterocycles. The van der Waals surface area contributed by atoms with Gasteiger partial charge in [-0.2, -0.15) is 0 Å². The van der Waals surface area contributed by atoms with E-state index >= 15 is 0 Å². The molecule has 0 spiro atoms. The standard InChI is InChI=1S/C15H20ClNO4/c1-2-17(14-10-20-9-13(14)15(18)19)6-7-21-12-5-3-4-11(16)8-12/h3-5,8,13-14H,2,6-7,9-10H2,1H3,(H,18,19). The molecule has 2 rings (SSSR count). The van der Waals surface area contributed by atoms with Gasteiger partial charge in [0.05, 0.1) is 19.1 Å². The van der Waals surface area contributed by atoms with Crippen LogP contribution in [0.5, 0.6) is 5.75 Å². The van der Waals surface area contributed by atoms with Gasteiger partial charge >= 0.3 is 5.97 Å². The molecule has 1 aromatic carbocycles. The van der Waals surface area contributed by atoms with Gasteiger partial charge in [-0.25, -0.2) is 0 Å². The van der Waals surface area contributed by atoms with Gasteiger partial charge in [0.25, 0.3) is 0 Å². The second-order valence-electron chi connectivity index (χ2n) is 4.98. The molecule has 0 amide bonds. The summed E-state index contributed by atoms with van der Waals surface area (Å²) in [5, 5.41) is 9.84. The molecule has 116 valence electrons. The number of ether oxygens (including phenoxy) is 2. The number of carbonyl (C=O) groups is 1. The number of rotatable bonds is 7. The minimum absolute atomic E-state index is 0.0875. The van der Waals surface area contributed by atoms with Gasteiger partial charge in [0.15, 0.2) is 0 Å². The molecule has 1 fully saturated rings. The minimum atomic E-state index is -0.799. The predicted molar refractivity (Wildman–Crippen MR) is 79.9 cm³/mol. The Bertz CT molecular complexity index is 482. The summed E-state index contributed by atoms with van der Waals surface area (Å²) in [5.41, 5.74) is 0. The topological polar surface area (TPSA) is 59.0 Å². The quantitative estimate of drug-likeness (QED) is 0.836. The zero-order valence-electron chi connectivity index (χ0n) is 12.0. The average Bonchev–Trinajstić information content (AvgIpc) is 2.93. The van der Waals surface area contributed by atoms with E-state index in [1.165, 1.54) is 0 Å². The van der Waals surface area contributed by atoms with Gasteiger partial charge < -0.3 is 14.6 Å². The summed E-state index contributed by atoms with van der Waals surface area (Å²) in [5.74, 6) is -0.543. The van der Waals surface area contributed by atoms with Gasteiger partial charge in [-0.15, -0.1) is 0 Å². The number of aliphatic carboxylic acids is 1. The Morgan fingerprint density at radius 2 is 2.33 bits per heavy atom. The monoisotopic (exact) mass is 313 g/mol. The summed E-state index contributed by atoms with van der Waals surface area (Å²) in [4.78, 5) is 13.3. The van der Waals surface area contributed by atoms with E-state index in [2.05, 4.69) is 4.90 Å². The third-order valence-corrected chi connectivity index (χ3v) is 3.92. The highest BCUT2D eigenvalue weighted by molar-refractivity contribution is 6.30. The molecule has 5 nitrogen and oxygen atoms in total. The van der Waals surface area contributed by atoms with Crippen LogP contribution in [-0.4, -0.2) is 54.9 Å². The molecule has 2 atom stereocenters. The molecule has 1 N–H and O–H groups in total. The van der Waals surface area contributed by atoms with Crippen molar-refractivity contribution in [2.75, 3.05) is 32.9 Å². The van der Waals surface area contributed by atoms with Crippen LogP contribution < -0.4 is 4.74 Å². The molecule has 1 aromatic rings. The SMILES string of the molecule is CCN(CCOc1cccc(Cl)c1)C1COCC1C(=O)O. The molecular formula is C15H20ClNO4. The van der Waals surface area contributed by atoms with Crippen molar-refractivity contribution >= 4 is 17.6 Å². The lowest BCUT2D eigenvalue weighted by molar-refractivity contribution is -0.143. The fourth-order valence-electron chi connectivity index (χ4n) is 2.53. The molecule has 2 unspecified atom stereocenters. The van der Waals surface area contributed by atoms with Gasteiger partial charge in [0, 0.05) is 17.6 Å². The van der Waals surface area contributed by atoms with Gasteiger partial charge in [-0.1, -0.05) is 24.6 Å². The summed E-state index contributed by atoms with van der Waals surface area (Å²) >= 11 is 5.90. The van der Waals surface area contributed by atoms with E-state index in [0.29, 0.717) is 24.8 Å². The molecule has 1 aliphatic heterocycles. The predicted octanol–water partition coefficient (Wildman–Crippen LogP) is 2.14. The summed E-state index contributed by atoms with van der Waals surface area (Å²) < 4.78 is 11.0. The summed E-state index contributed by atoms with van der Waals surface area (Å²) in [6.07, 6.45) is 0. The van der Waals surface area contributed by atoms with Crippen molar-refractivity contribution < 1.29 is 19.4 Å². The number of halogens is 1. The van der Waals surface area contributed by atoms with Crippen molar-refractivity contribution in [1.82, 2.24) is 4.90 Å². The van der Waals surface area contributed by atoms with Crippen LogP contribution in [0.2, 0.25) is 5.02 Å². The zero-order chi connectivity index (χ0) is 15.2. The highest BCUT2D eigenvalue weighted by atomic mass is 35.5. The van der Waals surface area contributed by atoms with Crippen molar-refractivity contribution in [1.29, 1.82) is 0 Å². The van der Waals surface area contributed by atoms with E-state index in [1.807, 2.05) is 19.1 Å². The first-order valence-electron chi connectivity index (χ1n) is 7.04. The normalized spacial score (nSPS) is 21.7. The van der Waals surface area contributed by atoms with Crippen molar-refractivity contribution in [2.45, 2.75) is 13.0 Å². The van der Waals surface area contributed by atoms with Crippen LogP contribution in [0.15, 0.2) is 24.3 Å². The van der Waals surface area contributed by atoms with Crippen LogP contribution in [0.1, 0.15) is 6.92 Å². The molecule has 0 saturated carbocycles. The lowest BCUT2D eigenvalue weighted by Gasteiger charge is -2.28. The zero-order valence-corrected chi connectivity index (χ0v) is 12.8. The van der Waals surface area contributed by atoms with Gasteiger partial charge in [-0.05, 0) is 24.7 Å². The highest BCUT2D eigenvalue weighted by Gasteiger charge is 2.37. The van der Waals surface area contributed by atoms with Crippen molar-refractivity contribution in [3.05, 3.63) is 29.3 Å². The summed E-state index contributed by atoms with van der Waals surface area (Å²) in [6, 6.07) is 7.15. The number of likely N-dealkylation sites (N-methyl/N-ethyl adjacent to an activating group) is 1. The Balaban J connectivity index is 1.86. The van der Waals surface area contributed by atoms with Crippen molar-refractivity contribution in [3.63, 3.8) is 0 Å². The Labute approximate surface area is 129 Å². The maximum absolute atomic E-state index is 11.2. The second kappa shape index (κ2) is 7.64. The third kappa shape index (κ3) is 4.33. The van der Waals surface area contributed by atoms with Gasteiger partial charge in [0.1, 0.15) is 12.4 Å². The fourth-order valence-corrected chi connectivity index (χ4v) is 2.71. The largest absolute Gasteiger partial charge is 0.492 e. The van der Waals surface area contributed by atoms with Crippen LogP contribution >= 0.6 is 11.6 Å². The lowest BCUT2D eigenvalue weighted by Crippen LogP contribution is -2.44. The number of carboxylic acid groups (broad SMARTS) is 1. The van der Waals surface area contributed by atoms with Crippen molar-refractivity contribution in [3.8, 4) is 5.75 Å². The van der Waals surface area contributed by atoms with E-state index < -0.39 is 11.9 Å². The van der Waals surface area contributed by atoms with Crippen LogP contribution in [0.3, 0.4) is 0 Å². The van der Waals surface area contributed by atoms with Crippen LogP contribution in [0.25, 0.3) is 0 Å². The number of carboxylic acids is 1. The second-order valence-corrected chi connectivity index (χ2v) is 5.42. The maximum Gasteiger partial charge on any atom is 0.310 e. The van der Waals surface area contributed by atoms with Crippen molar-refractivity contribution in [2.24, 2.45) is 5.92 Å².